The van der Waals surface area contributed by atoms with E-state index in [2.05, 4.69) is 35.9 Å². The molecule has 1 atom stereocenters. The second-order valence-corrected chi connectivity index (χ2v) is 4.59. The molecular formula is C12H19N3. The summed E-state index contributed by atoms with van der Waals surface area (Å²) in [5, 5.41) is 0. The first kappa shape index (κ1) is 10.4. The van der Waals surface area contributed by atoms with E-state index in [9.17, 15) is 0 Å². The van der Waals surface area contributed by atoms with E-state index in [1.165, 1.54) is 5.69 Å². The van der Waals surface area contributed by atoms with Crippen molar-refractivity contribution in [3.05, 3.63) is 24.0 Å². The van der Waals surface area contributed by atoms with Crippen LogP contribution >= 0.6 is 0 Å². The first-order valence-corrected chi connectivity index (χ1v) is 5.63. The molecule has 1 aliphatic heterocycles. The maximum atomic E-state index is 5.88. The second kappa shape index (κ2) is 4.19. The fourth-order valence-corrected chi connectivity index (χ4v) is 1.95. The molecule has 3 heteroatoms. The van der Waals surface area contributed by atoms with Crippen LogP contribution < -0.4 is 10.6 Å². The average molecular weight is 205 g/mol. The Morgan fingerprint density at radius 1 is 1.47 bits per heavy atom. The van der Waals surface area contributed by atoms with Crippen molar-refractivity contribution in [1.82, 2.24) is 4.98 Å². The van der Waals surface area contributed by atoms with Gasteiger partial charge < -0.3 is 10.6 Å². The molecule has 0 amide bonds. The van der Waals surface area contributed by atoms with E-state index < -0.39 is 0 Å². The predicted molar refractivity (Wildman–Crippen MR) is 63.1 cm³/mol. The maximum absolute atomic E-state index is 5.88. The molecule has 82 valence electrons. The minimum absolute atomic E-state index is 0.328. The summed E-state index contributed by atoms with van der Waals surface area (Å²) in [5.41, 5.74) is 8.23. The second-order valence-electron chi connectivity index (χ2n) is 4.59. The molecule has 2 rings (SSSR count). The van der Waals surface area contributed by atoms with Crippen molar-refractivity contribution in [3.8, 4) is 0 Å². The molecule has 1 aliphatic rings. The number of anilines is 1. The number of hydrogen-bond donors (Lipinski definition) is 1. The average Bonchev–Trinajstić information content (AvgIpc) is 2.65. The molecule has 0 aliphatic carbocycles. The summed E-state index contributed by atoms with van der Waals surface area (Å²) in [6, 6.07) is 4.60. The lowest BCUT2D eigenvalue weighted by molar-refractivity contribution is 0.752. The smallest absolute Gasteiger partial charge is 0.0553 e. The van der Waals surface area contributed by atoms with Gasteiger partial charge in [0.25, 0.3) is 0 Å². The monoisotopic (exact) mass is 205 g/mol. The van der Waals surface area contributed by atoms with Crippen molar-refractivity contribution in [1.29, 1.82) is 0 Å². The van der Waals surface area contributed by atoms with E-state index >= 15 is 0 Å². The summed E-state index contributed by atoms with van der Waals surface area (Å²) in [6.45, 7) is 6.34. The molecule has 0 saturated carbocycles. The number of nitrogens with zero attached hydrogens (tertiary/aromatic N) is 2. The first-order chi connectivity index (χ1) is 7.16. The Kier molecular flexibility index (Phi) is 2.91. The summed E-state index contributed by atoms with van der Waals surface area (Å²) in [6.07, 6.45) is 3.05. The molecule has 1 saturated heterocycles. The van der Waals surface area contributed by atoms with E-state index in [4.69, 9.17) is 5.73 Å². The van der Waals surface area contributed by atoms with E-state index in [1.807, 2.05) is 6.20 Å². The van der Waals surface area contributed by atoms with Crippen molar-refractivity contribution in [2.24, 2.45) is 5.73 Å². The molecular weight excluding hydrogens is 186 g/mol. The van der Waals surface area contributed by atoms with Crippen LogP contribution in [0.5, 0.6) is 0 Å². The van der Waals surface area contributed by atoms with Crippen LogP contribution in [0, 0.1) is 0 Å². The lowest BCUT2D eigenvalue weighted by Gasteiger charge is -2.18. The molecule has 1 aromatic rings. The van der Waals surface area contributed by atoms with Crippen LogP contribution in [0.1, 0.15) is 31.9 Å². The molecule has 2 N–H and O–H groups in total. The standard InChI is InChI=1S/C12H19N3/c1-9(2)12-4-3-11(7-14-12)15-6-5-10(13)8-15/h3-4,7,9-10H,5-6,8,13H2,1-2H3/t10-/m0/s1. The number of pyridine rings is 1. The highest BCUT2D eigenvalue weighted by Gasteiger charge is 2.19. The Balaban J connectivity index is 2.10. The van der Waals surface area contributed by atoms with Crippen molar-refractivity contribution >= 4 is 5.69 Å². The Morgan fingerprint density at radius 3 is 2.73 bits per heavy atom. The van der Waals surface area contributed by atoms with E-state index in [0.717, 1.165) is 25.2 Å². The highest BCUT2D eigenvalue weighted by Crippen LogP contribution is 2.20. The third-order valence-corrected chi connectivity index (χ3v) is 2.95. The highest BCUT2D eigenvalue weighted by molar-refractivity contribution is 5.46. The number of nitrogens with two attached hydrogens (primary N) is 1. The largest absolute Gasteiger partial charge is 0.369 e. The molecule has 0 bridgehead atoms. The fourth-order valence-electron chi connectivity index (χ4n) is 1.95. The van der Waals surface area contributed by atoms with Gasteiger partial charge in [-0.2, -0.15) is 0 Å². The van der Waals surface area contributed by atoms with Crippen molar-refractivity contribution in [2.75, 3.05) is 18.0 Å². The maximum Gasteiger partial charge on any atom is 0.0553 e. The van der Waals surface area contributed by atoms with Crippen molar-refractivity contribution < 1.29 is 0 Å². The van der Waals surface area contributed by atoms with Crippen LogP contribution in [0.4, 0.5) is 5.69 Å². The minimum Gasteiger partial charge on any atom is -0.369 e. The molecule has 1 fully saturated rings. The quantitative estimate of drug-likeness (QED) is 0.799. The Labute approximate surface area is 91.3 Å². The third-order valence-electron chi connectivity index (χ3n) is 2.95. The molecule has 0 spiro atoms. The Morgan fingerprint density at radius 2 is 2.27 bits per heavy atom. The van der Waals surface area contributed by atoms with Crippen LogP contribution in [-0.4, -0.2) is 24.1 Å². The van der Waals surface area contributed by atoms with E-state index in [-0.39, 0.29) is 0 Å². The molecule has 2 heterocycles. The van der Waals surface area contributed by atoms with Gasteiger partial charge in [-0.25, -0.2) is 0 Å². The zero-order valence-corrected chi connectivity index (χ0v) is 9.48. The zero-order valence-electron chi connectivity index (χ0n) is 9.48. The van der Waals surface area contributed by atoms with Gasteiger partial charge in [0.15, 0.2) is 0 Å². The van der Waals surface area contributed by atoms with Gasteiger partial charge in [0.05, 0.1) is 11.9 Å². The molecule has 1 aromatic heterocycles. The van der Waals surface area contributed by atoms with Crippen LogP contribution in [0.3, 0.4) is 0 Å². The summed E-state index contributed by atoms with van der Waals surface area (Å²) < 4.78 is 0. The highest BCUT2D eigenvalue weighted by atomic mass is 15.2. The number of rotatable bonds is 2. The van der Waals surface area contributed by atoms with Gasteiger partial charge in [0, 0.05) is 24.8 Å². The summed E-state index contributed by atoms with van der Waals surface area (Å²) in [4.78, 5) is 6.77. The molecule has 3 nitrogen and oxygen atoms in total. The normalized spacial score (nSPS) is 21.3. The lowest BCUT2D eigenvalue weighted by Crippen LogP contribution is -2.26. The van der Waals surface area contributed by atoms with Crippen LogP contribution in [0.15, 0.2) is 18.3 Å². The van der Waals surface area contributed by atoms with Gasteiger partial charge in [-0.15, -0.1) is 0 Å². The summed E-state index contributed by atoms with van der Waals surface area (Å²) in [5.74, 6) is 0.500. The van der Waals surface area contributed by atoms with Crippen molar-refractivity contribution in [3.63, 3.8) is 0 Å². The van der Waals surface area contributed by atoms with Gasteiger partial charge in [0.1, 0.15) is 0 Å². The van der Waals surface area contributed by atoms with Gasteiger partial charge >= 0.3 is 0 Å². The van der Waals surface area contributed by atoms with Gasteiger partial charge in [-0.05, 0) is 24.5 Å². The van der Waals surface area contributed by atoms with Crippen LogP contribution in [-0.2, 0) is 0 Å². The Hall–Kier alpha value is -1.09. The van der Waals surface area contributed by atoms with Gasteiger partial charge in [-0.1, -0.05) is 13.8 Å². The zero-order chi connectivity index (χ0) is 10.8. The summed E-state index contributed by atoms with van der Waals surface area (Å²) in [7, 11) is 0. The summed E-state index contributed by atoms with van der Waals surface area (Å²) >= 11 is 0. The number of hydrogen-bond acceptors (Lipinski definition) is 3. The SMILES string of the molecule is CC(C)c1ccc(N2CC[C@H](N)C2)cn1. The van der Waals surface area contributed by atoms with Gasteiger partial charge in [0.2, 0.25) is 0 Å². The lowest BCUT2D eigenvalue weighted by atomic mass is 10.1. The molecule has 0 aromatic carbocycles. The number of aromatic nitrogens is 1. The fraction of sp³-hybridized carbons (Fsp3) is 0.583. The van der Waals surface area contributed by atoms with Crippen LogP contribution in [0.2, 0.25) is 0 Å². The molecule has 0 unspecified atom stereocenters. The third kappa shape index (κ3) is 2.29. The molecule has 0 radical (unpaired) electrons. The van der Waals surface area contributed by atoms with E-state index in [0.29, 0.717) is 12.0 Å². The molecule has 15 heavy (non-hydrogen) atoms. The van der Waals surface area contributed by atoms with E-state index in [1.54, 1.807) is 0 Å². The van der Waals surface area contributed by atoms with Crippen molar-refractivity contribution in [2.45, 2.75) is 32.2 Å². The topological polar surface area (TPSA) is 42.1 Å². The first-order valence-electron chi connectivity index (χ1n) is 5.63. The Bertz CT molecular complexity index is 318. The van der Waals surface area contributed by atoms with Gasteiger partial charge in [-0.3, -0.25) is 4.98 Å². The van der Waals surface area contributed by atoms with Crippen LogP contribution in [0.25, 0.3) is 0 Å². The predicted octanol–water partition coefficient (Wildman–Crippen LogP) is 1.74. The minimum atomic E-state index is 0.328.